The van der Waals surface area contributed by atoms with Crippen LogP contribution >= 0.6 is 0 Å². The molecule has 1 N–H and O–H groups in total. The van der Waals surface area contributed by atoms with E-state index in [9.17, 15) is 0 Å². The summed E-state index contributed by atoms with van der Waals surface area (Å²) in [5, 5.41) is 3.54. The van der Waals surface area contributed by atoms with Crippen LogP contribution in [-0.4, -0.2) is 12.3 Å². The first kappa shape index (κ1) is 19.7. The van der Waals surface area contributed by atoms with Crippen LogP contribution in [0.5, 0.6) is 11.5 Å². The van der Waals surface area contributed by atoms with Gasteiger partial charge in [-0.1, -0.05) is 78.9 Å². The Morgan fingerprint density at radius 3 is 2.06 bits per heavy atom. The molecule has 2 heterocycles. The number of aliphatic imine (C=N–C) groups is 1. The molecule has 0 bridgehead atoms. The van der Waals surface area contributed by atoms with E-state index < -0.39 is 5.41 Å². The summed E-state index contributed by atoms with van der Waals surface area (Å²) in [4.78, 5) is 5.03. The Hall–Kier alpha value is -4.63. The molecular formula is C33H22N2O. The quantitative estimate of drug-likeness (QED) is 0.271. The SMILES string of the molecule is c1ccc2c(c1)N=C(c1ccc3c(c1)C1(c4ccccc4O3)c3ccccc3-c3ccccc31)CN2. The van der Waals surface area contributed by atoms with Crippen LogP contribution in [-0.2, 0) is 5.41 Å². The second-order valence-corrected chi connectivity index (χ2v) is 9.58. The zero-order valence-electron chi connectivity index (χ0n) is 19.5. The van der Waals surface area contributed by atoms with E-state index in [0.29, 0.717) is 6.54 Å². The molecular weight excluding hydrogens is 440 g/mol. The Morgan fingerprint density at radius 2 is 1.25 bits per heavy atom. The molecule has 0 unspecified atom stereocenters. The molecule has 3 aliphatic rings. The van der Waals surface area contributed by atoms with Crippen molar-refractivity contribution in [1.82, 2.24) is 0 Å². The van der Waals surface area contributed by atoms with Crippen molar-refractivity contribution >= 4 is 17.1 Å². The molecule has 3 heteroatoms. The Balaban J connectivity index is 1.44. The lowest BCUT2D eigenvalue weighted by Crippen LogP contribution is -2.32. The van der Waals surface area contributed by atoms with Gasteiger partial charge in [-0.05, 0) is 64.2 Å². The van der Waals surface area contributed by atoms with Gasteiger partial charge in [0.2, 0.25) is 0 Å². The lowest BCUT2D eigenvalue weighted by Gasteiger charge is -2.39. The maximum Gasteiger partial charge on any atom is 0.132 e. The summed E-state index contributed by atoms with van der Waals surface area (Å²) < 4.78 is 6.54. The van der Waals surface area contributed by atoms with Crippen LogP contribution in [0.15, 0.2) is 120 Å². The normalized spacial score (nSPS) is 15.4. The highest BCUT2D eigenvalue weighted by Crippen LogP contribution is 2.62. The fourth-order valence-corrected chi connectivity index (χ4v) is 6.29. The molecule has 0 saturated carbocycles. The molecule has 0 fully saturated rings. The van der Waals surface area contributed by atoms with Crippen molar-refractivity contribution in [3.05, 3.63) is 143 Å². The van der Waals surface area contributed by atoms with Crippen molar-refractivity contribution in [3.63, 3.8) is 0 Å². The van der Waals surface area contributed by atoms with Crippen molar-refractivity contribution in [1.29, 1.82) is 0 Å². The first-order valence-electron chi connectivity index (χ1n) is 12.4. The second kappa shape index (κ2) is 7.19. The Morgan fingerprint density at radius 1 is 0.611 bits per heavy atom. The zero-order chi connectivity index (χ0) is 23.7. The Bertz CT molecular complexity index is 1690. The van der Waals surface area contributed by atoms with Crippen LogP contribution in [0.4, 0.5) is 11.4 Å². The highest BCUT2D eigenvalue weighted by molar-refractivity contribution is 6.07. The average molecular weight is 463 g/mol. The van der Waals surface area contributed by atoms with Crippen molar-refractivity contribution in [2.24, 2.45) is 4.99 Å². The largest absolute Gasteiger partial charge is 0.457 e. The van der Waals surface area contributed by atoms with Gasteiger partial charge in [0.25, 0.3) is 0 Å². The summed E-state index contributed by atoms with van der Waals surface area (Å²) in [7, 11) is 0. The number of hydrogen-bond acceptors (Lipinski definition) is 3. The first-order valence-corrected chi connectivity index (χ1v) is 12.4. The van der Waals surface area contributed by atoms with Crippen LogP contribution in [0, 0.1) is 0 Å². The number of benzene rings is 5. The molecule has 5 aromatic rings. The number of rotatable bonds is 1. The molecule has 5 aromatic carbocycles. The summed E-state index contributed by atoms with van der Waals surface area (Å²) in [5.41, 5.74) is 11.3. The zero-order valence-corrected chi connectivity index (χ0v) is 19.5. The molecule has 3 nitrogen and oxygen atoms in total. The van der Waals surface area contributed by atoms with Crippen LogP contribution in [0.25, 0.3) is 11.1 Å². The fraction of sp³-hybridized carbons (Fsp3) is 0.0606. The average Bonchev–Trinajstić information content (AvgIpc) is 3.24. The van der Waals surface area contributed by atoms with E-state index in [1.54, 1.807) is 0 Å². The number of anilines is 1. The highest BCUT2D eigenvalue weighted by atomic mass is 16.5. The van der Waals surface area contributed by atoms with E-state index in [4.69, 9.17) is 9.73 Å². The second-order valence-electron chi connectivity index (χ2n) is 9.58. The Labute approximate surface area is 209 Å². The van der Waals surface area contributed by atoms with Gasteiger partial charge < -0.3 is 10.1 Å². The maximum absolute atomic E-state index is 6.54. The van der Waals surface area contributed by atoms with Gasteiger partial charge in [0, 0.05) is 11.1 Å². The molecule has 2 aliphatic heterocycles. The summed E-state index contributed by atoms with van der Waals surface area (Å²) in [6.07, 6.45) is 0. The van der Waals surface area contributed by atoms with Crippen molar-refractivity contribution in [2.45, 2.75) is 5.41 Å². The molecule has 36 heavy (non-hydrogen) atoms. The van der Waals surface area contributed by atoms with E-state index in [0.717, 1.165) is 39.7 Å². The number of ether oxygens (including phenoxy) is 1. The molecule has 0 radical (unpaired) electrons. The molecule has 0 aromatic heterocycles. The standard InChI is InChI=1S/C33H22N2O/c1-3-11-24-22(9-1)23-10-2-4-12-25(23)33(24)26-13-5-8-16-31(26)36-32-18-17-21(19-27(32)33)30-20-34-28-14-6-7-15-29(28)35-30/h1-19,34H,20H2. The third-order valence-corrected chi connectivity index (χ3v) is 7.79. The van der Waals surface area contributed by atoms with E-state index in [2.05, 4.69) is 108 Å². The maximum atomic E-state index is 6.54. The van der Waals surface area contributed by atoms with Crippen molar-refractivity contribution in [3.8, 4) is 22.6 Å². The minimum Gasteiger partial charge on any atom is -0.457 e. The molecule has 170 valence electrons. The van der Waals surface area contributed by atoms with Crippen molar-refractivity contribution < 1.29 is 4.74 Å². The van der Waals surface area contributed by atoms with E-state index in [1.807, 2.05) is 12.1 Å². The van der Waals surface area contributed by atoms with Gasteiger partial charge in [-0.2, -0.15) is 0 Å². The van der Waals surface area contributed by atoms with Gasteiger partial charge in [-0.15, -0.1) is 0 Å². The number of para-hydroxylation sites is 3. The minimum atomic E-state index is -0.450. The molecule has 0 atom stereocenters. The molecule has 0 amide bonds. The third-order valence-electron chi connectivity index (χ3n) is 7.79. The highest BCUT2D eigenvalue weighted by Gasteiger charge is 2.51. The summed E-state index contributed by atoms with van der Waals surface area (Å²) >= 11 is 0. The summed E-state index contributed by atoms with van der Waals surface area (Å²) in [5.74, 6) is 1.81. The number of fused-ring (bicyclic) bond motifs is 10. The lowest BCUT2D eigenvalue weighted by atomic mass is 9.66. The predicted octanol–water partition coefficient (Wildman–Crippen LogP) is 7.70. The predicted molar refractivity (Wildman–Crippen MR) is 145 cm³/mol. The van der Waals surface area contributed by atoms with Gasteiger partial charge in [0.15, 0.2) is 0 Å². The van der Waals surface area contributed by atoms with Crippen LogP contribution in [0.1, 0.15) is 27.8 Å². The third kappa shape index (κ3) is 2.49. The smallest absolute Gasteiger partial charge is 0.132 e. The van der Waals surface area contributed by atoms with Gasteiger partial charge in [-0.25, -0.2) is 4.99 Å². The van der Waals surface area contributed by atoms with E-state index in [1.165, 1.54) is 27.8 Å². The lowest BCUT2D eigenvalue weighted by molar-refractivity contribution is 0.436. The van der Waals surface area contributed by atoms with Crippen LogP contribution < -0.4 is 10.1 Å². The van der Waals surface area contributed by atoms with Crippen LogP contribution in [0.3, 0.4) is 0 Å². The molecule has 1 aliphatic carbocycles. The van der Waals surface area contributed by atoms with Gasteiger partial charge in [0.05, 0.1) is 29.0 Å². The van der Waals surface area contributed by atoms with Crippen molar-refractivity contribution in [2.75, 3.05) is 11.9 Å². The Kier molecular flexibility index (Phi) is 3.92. The molecule has 0 saturated heterocycles. The fourth-order valence-electron chi connectivity index (χ4n) is 6.29. The van der Waals surface area contributed by atoms with Gasteiger partial charge in [-0.3, -0.25) is 0 Å². The monoisotopic (exact) mass is 462 g/mol. The number of hydrogen-bond donors (Lipinski definition) is 1. The van der Waals surface area contributed by atoms with Crippen LogP contribution in [0.2, 0.25) is 0 Å². The van der Waals surface area contributed by atoms with Gasteiger partial charge >= 0.3 is 0 Å². The summed E-state index contributed by atoms with van der Waals surface area (Å²) in [6.45, 7) is 0.688. The topological polar surface area (TPSA) is 33.6 Å². The minimum absolute atomic E-state index is 0.450. The van der Waals surface area contributed by atoms with E-state index in [-0.39, 0.29) is 0 Å². The van der Waals surface area contributed by atoms with Gasteiger partial charge in [0.1, 0.15) is 11.5 Å². The van der Waals surface area contributed by atoms with E-state index >= 15 is 0 Å². The summed E-state index contributed by atoms with van der Waals surface area (Å²) in [6, 6.07) is 40.9. The molecule has 1 spiro atoms. The number of nitrogens with one attached hydrogen (secondary N) is 1. The first-order chi connectivity index (χ1) is 17.8. The molecule has 8 rings (SSSR count). The number of nitrogens with zero attached hydrogens (tertiary/aromatic N) is 1.